The number of rotatable bonds is 8. The number of methoxy groups -OCH3 is 3. The molecule has 0 spiro atoms. The van der Waals surface area contributed by atoms with Crippen molar-refractivity contribution in [1.29, 1.82) is 0 Å². The van der Waals surface area contributed by atoms with E-state index in [1.807, 2.05) is 0 Å². The fourth-order valence-corrected chi connectivity index (χ4v) is 3.85. The molecule has 0 atom stereocenters. The summed E-state index contributed by atoms with van der Waals surface area (Å²) >= 11 is 6.24. The lowest BCUT2D eigenvalue weighted by Crippen LogP contribution is -2.32. The van der Waals surface area contributed by atoms with Crippen LogP contribution in [0.25, 0.3) is 0 Å². The summed E-state index contributed by atoms with van der Waals surface area (Å²) < 4.78 is 15.8. The maximum atomic E-state index is 13.1. The highest BCUT2D eigenvalue weighted by Crippen LogP contribution is 2.35. The summed E-state index contributed by atoms with van der Waals surface area (Å²) in [5, 5.41) is 5.39. The Morgan fingerprint density at radius 1 is 0.833 bits per heavy atom. The number of carbonyl (C=O) groups excluding carboxylic acids is 3. The third kappa shape index (κ3) is 4.69. The van der Waals surface area contributed by atoms with Crippen LogP contribution < -0.4 is 29.7 Å². The fraction of sp³-hybridized carbons (Fsp3) is 0.115. The van der Waals surface area contributed by atoms with Gasteiger partial charge in [0, 0.05) is 17.3 Å². The molecular weight excluding hydrogens is 486 g/mol. The quantitative estimate of drug-likeness (QED) is 0.435. The molecule has 0 unspecified atom stereocenters. The molecule has 0 radical (unpaired) electrons. The lowest BCUT2D eigenvalue weighted by Gasteiger charge is -2.18. The monoisotopic (exact) mass is 507 g/mol. The molecule has 1 aliphatic heterocycles. The molecule has 3 aromatic rings. The van der Waals surface area contributed by atoms with Gasteiger partial charge in [-0.3, -0.25) is 14.4 Å². The second kappa shape index (κ2) is 10.4. The number of anilines is 3. The van der Waals surface area contributed by atoms with Crippen molar-refractivity contribution in [3.05, 3.63) is 83.0 Å². The molecule has 36 heavy (non-hydrogen) atoms. The van der Waals surface area contributed by atoms with Crippen LogP contribution in [-0.4, -0.2) is 39.1 Å². The summed E-state index contributed by atoms with van der Waals surface area (Å²) in [6, 6.07) is 18.1. The van der Waals surface area contributed by atoms with E-state index in [1.165, 1.54) is 27.4 Å². The lowest BCUT2D eigenvalue weighted by atomic mass is 10.1. The van der Waals surface area contributed by atoms with Gasteiger partial charge in [0.2, 0.25) is 0 Å². The second-order valence-corrected chi connectivity index (χ2v) is 7.91. The van der Waals surface area contributed by atoms with Gasteiger partial charge < -0.3 is 24.8 Å². The molecule has 4 rings (SSSR count). The normalized spacial score (nSPS) is 13.1. The zero-order chi connectivity index (χ0) is 25.8. The maximum Gasteiger partial charge on any atom is 0.283 e. The highest BCUT2D eigenvalue weighted by Gasteiger charge is 2.40. The predicted octanol–water partition coefficient (Wildman–Crippen LogP) is 4.40. The molecule has 2 N–H and O–H groups in total. The molecule has 0 saturated carbocycles. The molecule has 0 fully saturated rings. The molecule has 3 aromatic carbocycles. The molecule has 0 saturated heterocycles. The summed E-state index contributed by atoms with van der Waals surface area (Å²) in [6.07, 6.45) is 0. The minimum Gasteiger partial charge on any atom is -0.497 e. The molecule has 0 aliphatic carbocycles. The van der Waals surface area contributed by atoms with E-state index in [0.29, 0.717) is 34.2 Å². The van der Waals surface area contributed by atoms with E-state index < -0.39 is 17.7 Å². The molecule has 184 valence electrons. The standard InChI is InChI=1S/C26H22ClN3O6/c1-34-17-11-12-20(35-2)18(14-17)29-24(31)15-7-6-8-16(13-15)28-23-22(27)25(32)30(26(23)33)19-9-4-5-10-21(19)36-3/h4-14,28H,1-3H3,(H,29,31). The van der Waals surface area contributed by atoms with Crippen LogP contribution in [0.3, 0.4) is 0 Å². The largest absolute Gasteiger partial charge is 0.497 e. The molecule has 10 heteroatoms. The predicted molar refractivity (Wildman–Crippen MR) is 136 cm³/mol. The smallest absolute Gasteiger partial charge is 0.283 e. The maximum absolute atomic E-state index is 13.1. The Bertz CT molecular complexity index is 1390. The van der Waals surface area contributed by atoms with E-state index in [0.717, 1.165) is 4.90 Å². The van der Waals surface area contributed by atoms with Gasteiger partial charge in [0.25, 0.3) is 17.7 Å². The van der Waals surface area contributed by atoms with Crippen molar-refractivity contribution < 1.29 is 28.6 Å². The number of halogens is 1. The van der Waals surface area contributed by atoms with Crippen LogP contribution in [0, 0.1) is 0 Å². The van der Waals surface area contributed by atoms with Crippen LogP contribution in [0.4, 0.5) is 17.1 Å². The zero-order valence-corrected chi connectivity index (χ0v) is 20.4. The Kier molecular flexibility index (Phi) is 7.12. The van der Waals surface area contributed by atoms with Gasteiger partial charge in [0.1, 0.15) is 28.0 Å². The van der Waals surface area contributed by atoms with Crippen LogP contribution in [-0.2, 0) is 9.59 Å². The topological polar surface area (TPSA) is 106 Å². The number of hydrogen-bond acceptors (Lipinski definition) is 7. The molecule has 0 aromatic heterocycles. The van der Waals surface area contributed by atoms with Crippen molar-refractivity contribution >= 4 is 46.4 Å². The Hall–Kier alpha value is -4.50. The van der Waals surface area contributed by atoms with Gasteiger partial charge in [-0.15, -0.1) is 0 Å². The van der Waals surface area contributed by atoms with E-state index in [-0.39, 0.29) is 16.4 Å². The molecule has 1 aliphatic rings. The summed E-state index contributed by atoms with van der Waals surface area (Å²) in [5.74, 6) is -0.404. The third-order valence-corrected chi connectivity index (χ3v) is 5.75. The van der Waals surface area contributed by atoms with Crippen molar-refractivity contribution in [2.75, 3.05) is 36.9 Å². The average molecular weight is 508 g/mol. The number of ether oxygens (including phenoxy) is 3. The van der Waals surface area contributed by atoms with Crippen LogP contribution in [0.5, 0.6) is 17.2 Å². The number of benzene rings is 3. The molecule has 9 nitrogen and oxygen atoms in total. The molecule has 0 bridgehead atoms. The highest BCUT2D eigenvalue weighted by molar-refractivity contribution is 6.53. The number of nitrogens with one attached hydrogen (secondary N) is 2. The van der Waals surface area contributed by atoms with Gasteiger partial charge in [0.05, 0.1) is 32.7 Å². The lowest BCUT2D eigenvalue weighted by molar-refractivity contribution is -0.120. The van der Waals surface area contributed by atoms with E-state index in [9.17, 15) is 14.4 Å². The second-order valence-electron chi connectivity index (χ2n) is 7.53. The summed E-state index contributed by atoms with van der Waals surface area (Å²) in [6.45, 7) is 0. The SMILES string of the molecule is COc1ccc(OC)c(NC(=O)c2cccc(NC3=C(Cl)C(=O)N(c4ccccc4OC)C3=O)c2)c1. The van der Waals surface area contributed by atoms with Crippen molar-refractivity contribution in [3.8, 4) is 17.2 Å². The van der Waals surface area contributed by atoms with E-state index in [2.05, 4.69) is 10.6 Å². The third-order valence-electron chi connectivity index (χ3n) is 5.40. The number of imide groups is 1. The van der Waals surface area contributed by atoms with E-state index >= 15 is 0 Å². The average Bonchev–Trinajstić information content (AvgIpc) is 3.11. The Labute approximate surface area is 212 Å². The molecular formula is C26H22ClN3O6. The Morgan fingerprint density at radius 2 is 1.58 bits per heavy atom. The van der Waals surface area contributed by atoms with Crippen molar-refractivity contribution in [1.82, 2.24) is 0 Å². The number of carbonyl (C=O) groups is 3. The Balaban J connectivity index is 1.56. The van der Waals surface area contributed by atoms with Gasteiger partial charge >= 0.3 is 0 Å². The summed E-state index contributed by atoms with van der Waals surface area (Å²) in [7, 11) is 4.45. The van der Waals surface area contributed by atoms with Gasteiger partial charge in [-0.05, 0) is 42.5 Å². The minimum atomic E-state index is -0.687. The first kappa shape index (κ1) is 24.6. The van der Waals surface area contributed by atoms with Crippen molar-refractivity contribution in [3.63, 3.8) is 0 Å². The van der Waals surface area contributed by atoms with Gasteiger partial charge in [-0.2, -0.15) is 0 Å². The van der Waals surface area contributed by atoms with E-state index in [1.54, 1.807) is 60.7 Å². The minimum absolute atomic E-state index is 0.111. The van der Waals surface area contributed by atoms with Crippen LogP contribution >= 0.6 is 11.6 Å². The van der Waals surface area contributed by atoms with Crippen molar-refractivity contribution in [2.45, 2.75) is 0 Å². The molecule has 1 heterocycles. The van der Waals surface area contributed by atoms with Crippen LogP contribution in [0.15, 0.2) is 77.5 Å². The highest BCUT2D eigenvalue weighted by atomic mass is 35.5. The van der Waals surface area contributed by atoms with Gasteiger partial charge in [-0.25, -0.2) is 4.90 Å². The number of amides is 3. The zero-order valence-electron chi connectivity index (χ0n) is 19.6. The summed E-state index contributed by atoms with van der Waals surface area (Å²) in [5.41, 5.74) is 1.26. The van der Waals surface area contributed by atoms with Crippen molar-refractivity contribution in [2.24, 2.45) is 0 Å². The van der Waals surface area contributed by atoms with E-state index in [4.69, 9.17) is 25.8 Å². The first-order chi connectivity index (χ1) is 17.4. The van der Waals surface area contributed by atoms with Gasteiger partial charge in [0.15, 0.2) is 0 Å². The van der Waals surface area contributed by atoms with Gasteiger partial charge in [-0.1, -0.05) is 29.8 Å². The number of hydrogen-bond donors (Lipinski definition) is 2. The number of para-hydroxylation sites is 2. The van der Waals surface area contributed by atoms with Crippen LogP contribution in [0.1, 0.15) is 10.4 Å². The Morgan fingerprint density at radius 3 is 2.31 bits per heavy atom. The first-order valence-electron chi connectivity index (χ1n) is 10.7. The number of nitrogens with zero attached hydrogens (tertiary/aromatic N) is 1. The molecule has 3 amide bonds. The van der Waals surface area contributed by atoms with Crippen LogP contribution in [0.2, 0.25) is 0 Å². The first-order valence-corrected chi connectivity index (χ1v) is 11.1. The fourth-order valence-electron chi connectivity index (χ4n) is 3.63. The summed E-state index contributed by atoms with van der Waals surface area (Å²) in [4.78, 5) is 39.8.